The number of benzene rings is 1. The monoisotopic (exact) mass is 300 g/mol. The summed E-state index contributed by atoms with van der Waals surface area (Å²) >= 11 is 12.0. The molecule has 0 unspecified atom stereocenters. The topological polar surface area (TPSA) is 48.2 Å². The van der Waals surface area contributed by atoms with Crippen LogP contribution in [0.25, 0.3) is 0 Å². The molecule has 0 radical (unpaired) electrons. The zero-order valence-electron chi connectivity index (χ0n) is 10.7. The molecule has 0 atom stereocenters. The van der Waals surface area contributed by atoms with Gasteiger partial charge in [-0.3, -0.25) is 0 Å². The molecule has 0 spiro atoms. The molecule has 4 nitrogen and oxygen atoms in total. The van der Waals surface area contributed by atoms with Crippen LogP contribution in [0.1, 0.15) is 25.6 Å². The highest BCUT2D eigenvalue weighted by molar-refractivity contribution is 6.37. The standard InChI is InChI=1S/C13H14Cl2N2O2/c1-8(2)6-11-16-12(19-17-11)7-18-13-9(14)4-3-5-10(13)15/h3-5,8H,6-7H2,1-2H3. The van der Waals surface area contributed by atoms with Crippen LogP contribution in [-0.4, -0.2) is 10.1 Å². The van der Waals surface area contributed by atoms with Crippen molar-refractivity contribution in [2.45, 2.75) is 26.9 Å². The smallest absolute Gasteiger partial charge is 0.264 e. The fourth-order valence-electron chi connectivity index (χ4n) is 1.55. The number of para-hydroxylation sites is 1. The van der Waals surface area contributed by atoms with Gasteiger partial charge in [-0.15, -0.1) is 0 Å². The summed E-state index contributed by atoms with van der Waals surface area (Å²) in [6, 6.07) is 5.17. The van der Waals surface area contributed by atoms with Gasteiger partial charge in [-0.25, -0.2) is 0 Å². The van der Waals surface area contributed by atoms with Crippen LogP contribution in [0.2, 0.25) is 10.0 Å². The minimum Gasteiger partial charge on any atom is -0.481 e. The number of aromatic nitrogens is 2. The van der Waals surface area contributed by atoms with Crippen molar-refractivity contribution in [3.63, 3.8) is 0 Å². The molecule has 2 rings (SSSR count). The van der Waals surface area contributed by atoms with Crippen molar-refractivity contribution in [1.29, 1.82) is 0 Å². The number of hydrogen-bond acceptors (Lipinski definition) is 4. The van der Waals surface area contributed by atoms with Gasteiger partial charge in [0.25, 0.3) is 5.89 Å². The maximum absolute atomic E-state index is 5.99. The van der Waals surface area contributed by atoms with E-state index in [4.69, 9.17) is 32.5 Å². The minimum atomic E-state index is 0.147. The maximum atomic E-state index is 5.99. The van der Waals surface area contributed by atoms with E-state index in [1.807, 2.05) is 0 Å². The summed E-state index contributed by atoms with van der Waals surface area (Å²) in [5.41, 5.74) is 0. The van der Waals surface area contributed by atoms with Gasteiger partial charge in [0, 0.05) is 6.42 Å². The minimum absolute atomic E-state index is 0.147. The van der Waals surface area contributed by atoms with Crippen LogP contribution >= 0.6 is 23.2 Å². The Hall–Kier alpha value is -1.26. The van der Waals surface area contributed by atoms with E-state index in [0.29, 0.717) is 33.4 Å². The average molecular weight is 301 g/mol. The van der Waals surface area contributed by atoms with Crippen molar-refractivity contribution >= 4 is 23.2 Å². The summed E-state index contributed by atoms with van der Waals surface area (Å²) in [6.45, 7) is 4.33. The molecule has 0 aliphatic carbocycles. The third-order valence-electron chi connectivity index (χ3n) is 2.36. The second-order valence-corrected chi connectivity index (χ2v) is 5.36. The Morgan fingerprint density at radius 1 is 1.26 bits per heavy atom. The highest BCUT2D eigenvalue weighted by Gasteiger charge is 2.11. The van der Waals surface area contributed by atoms with E-state index in [2.05, 4.69) is 24.0 Å². The van der Waals surface area contributed by atoms with Gasteiger partial charge in [0.1, 0.15) is 0 Å². The molecule has 0 amide bonds. The Balaban J connectivity index is 2.01. The van der Waals surface area contributed by atoms with Crippen molar-refractivity contribution in [3.8, 4) is 5.75 Å². The van der Waals surface area contributed by atoms with Crippen LogP contribution in [-0.2, 0) is 13.0 Å². The fourth-order valence-corrected chi connectivity index (χ4v) is 2.06. The van der Waals surface area contributed by atoms with Crippen molar-refractivity contribution in [1.82, 2.24) is 10.1 Å². The predicted octanol–water partition coefficient (Wildman–Crippen LogP) is 4.15. The second kappa shape index (κ2) is 6.26. The number of hydrogen-bond donors (Lipinski definition) is 0. The molecule has 1 aromatic heterocycles. The first kappa shape index (κ1) is 14.2. The summed E-state index contributed by atoms with van der Waals surface area (Å²) < 4.78 is 10.6. The largest absolute Gasteiger partial charge is 0.481 e. The summed E-state index contributed by atoms with van der Waals surface area (Å²) in [5, 5.41) is 4.79. The number of halogens is 2. The normalized spacial score (nSPS) is 11.0. The first-order chi connectivity index (χ1) is 9.06. The molecule has 19 heavy (non-hydrogen) atoms. The van der Waals surface area contributed by atoms with E-state index in [1.165, 1.54) is 0 Å². The van der Waals surface area contributed by atoms with E-state index in [0.717, 1.165) is 6.42 Å². The summed E-state index contributed by atoms with van der Waals surface area (Å²) in [4.78, 5) is 4.24. The Bertz CT molecular complexity index is 535. The third-order valence-corrected chi connectivity index (χ3v) is 2.96. The molecule has 0 N–H and O–H groups in total. The molecule has 1 aromatic carbocycles. The summed E-state index contributed by atoms with van der Waals surface area (Å²) in [7, 11) is 0. The average Bonchev–Trinajstić information content (AvgIpc) is 2.75. The highest BCUT2D eigenvalue weighted by atomic mass is 35.5. The second-order valence-electron chi connectivity index (χ2n) is 4.54. The number of rotatable bonds is 5. The fraction of sp³-hybridized carbons (Fsp3) is 0.385. The lowest BCUT2D eigenvalue weighted by atomic mass is 10.1. The highest BCUT2D eigenvalue weighted by Crippen LogP contribution is 2.32. The van der Waals surface area contributed by atoms with Crippen molar-refractivity contribution in [2.24, 2.45) is 5.92 Å². The quantitative estimate of drug-likeness (QED) is 0.832. The van der Waals surface area contributed by atoms with Crippen molar-refractivity contribution in [2.75, 3.05) is 0 Å². The van der Waals surface area contributed by atoms with E-state index >= 15 is 0 Å². The summed E-state index contributed by atoms with van der Waals surface area (Å²) in [6.07, 6.45) is 0.774. The molecule has 2 aromatic rings. The zero-order valence-corrected chi connectivity index (χ0v) is 12.2. The molecule has 0 saturated heterocycles. The molecular formula is C13H14Cl2N2O2. The van der Waals surface area contributed by atoms with Crippen LogP contribution in [0.3, 0.4) is 0 Å². The maximum Gasteiger partial charge on any atom is 0.264 e. The van der Waals surface area contributed by atoms with Crippen molar-refractivity contribution in [3.05, 3.63) is 40.0 Å². The molecule has 0 fully saturated rings. The van der Waals surface area contributed by atoms with Crippen molar-refractivity contribution < 1.29 is 9.26 Å². The Labute approximate surface area is 121 Å². The first-order valence-corrected chi connectivity index (χ1v) is 6.70. The number of ether oxygens (including phenoxy) is 1. The Kier molecular flexibility index (Phi) is 4.66. The van der Waals surface area contributed by atoms with E-state index in [9.17, 15) is 0 Å². The Morgan fingerprint density at radius 3 is 2.58 bits per heavy atom. The summed E-state index contributed by atoms with van der Waals surface area (Å²) in [5.74, 6) is 1.99. The van der Waals surface area contributed by atoms with Gasteiger partial charge in [0.05, 0.1) is 10.0 Å². The van der Waals surface area contributed by atoms with Crippen LogP contribution in [0.4, 0.5) is 0 Å². The van der Waals surface area contributed by atoms with E-state index < -0.39 is 0 Å². The molecule has 102 valence electrons. The Morgan fingerprint density at radius 2 is 1.95 bits per heavy atom. The van der Waals surface area contributed by atoms with E-state index in [-0.39, 0.29) is 6.61 Å². The molecule has 1 heterocycles. The lowest BCUT2D eigenvalue weighted by molar-refractivity contribution is 0.242. The van der Waals surface area contributed by atoms with Gasteiger partial charge in [0.15, 0.2) is 18.2 Å². The lowest BCUT2D eigenvalue weighted by Gasteiger charge is -2.06. The first-order valence-electron chi connectivity index (χ1n) is 5.94. The molecule has 0 bridgehead atoms. The third kappa shape index (κ3) is 3.85. The van der Waals surface area contributed by atoms with Crippen LogP contribution < -0.4 is 4.74 Å². The van der Waals surface area contributed by atoms with Crippen LogP contribution in [0.5, 0.6) is 5.75 Å². The van der Waals surface area contributed by atoms with Crippen LogP contribution in [0, 0.1) is 5.92 Å². The number of nitrogens with zero attached hydrogens (tertiary/aromatic N) is 2. The molecule has 6 heteroatoms. The molecule has 0 aliphatic heterocycles. The van der Waals surface area contributed by atoms with E-state index in [1.54, 1.807) is 18.2 Å². The van der Waals surface area contributed by atoms with Gasteiger partial charge in [0.2, 0.25) is 0 Å². The lowest BCUT2D eigenvalue weighted by Crippen LogP contribution is -1.99. The van der Waals surface area contributed by atoms with Gasteiger partial charge in [-0.2, -0.15) is 4.98 Å². The van der Waals surface area contributed by atoms with Gasteiger partial charge >= 0.3 is 0 Å². The van der Waals surface area contributed by atoms with Crippen LogP contribution in [0.15, 0.2) is 22.7 Å². The molecular weight excluding hydrogens is 287 g/mol. The predicted molar refractivity (Wildman–Crippen MR) is 73.6 cm³/mol. The SMILES string of the molecule is CC(C)Cc1noc(COc2c(Cl)cccc2Cl)n1. The zero-order chi connectivity index (χ0) is 13.8. The van der Waals surface area contributed by atoms with Gasteiger partial charge < -0.3 is 9.26 Å². The molecule has 0 aliphatic rings. The molecule has 0 saturated carbocycles. The van der Waals surface area contributed by atoms with Gasteiger partial charge in [-0.1, -0.05) is 48.3 Å². The van der Waals surface area contributed by atoms with Gasteiger partial charge in [-0.05, 0) is 18.1 Å².